The summed E-state index contributed by atoms with van der Waals surface area (Å²) in [6.45, 7) is 1.48. The lowest BCUT2D eigenvalue weighted by Crippen LogP contribution is -2.43. The number of carbonyl (C=O) groups is 1. The summed E-state index contributed by atoms with van der Waals surface area (Å²) in [7, 11) is 0. The smallest absolute Gasteiger partial charge is 0.320 e. The third-order valence-electron chi connectivity index (χ3n) is 4.16. The van der Waals surface area contributed by atoms with Gasteiger partial charge in [-0.1, -0.05) is 36.8 Å². The van der Waals surface area contributed by atoms with E-state index in [1.807, 2.05) is 59.5 Å². The molecule has 1 unspecified atom stereocenters. The van der Waals surface area contributed by atoms with Crippen molar-refractivity contribution in [1.29, 1.82) is 0 Å². The van der Waals surface area contributed by atoms with Crippen LogP contribution < -0.4 is 4.74 Å². The van der Waals surface area contributed by atoms with Crippen LogP contribution in [-0.4, -0.2) is 28.6 Å². The first-order valence-corrected chi connectivity index (χ1v) is 8.01. The van der Waals surface area contributed by atoms with Crippen LogP contribution in [0.3, 0.4) is 0 Å². The van der Waals surface area contributed by atoms with E-state index in [0.717, 1.165) is 42.9 Å². The van der Waals surface area contributed by atoms with E-state index >= 15 is 0 Å². The molecule has 0 saturated carbocycles. The van der Waals surface area contributed by atoms with E-state index in [9.17, 15) is 9.90 Å². The average molecular weight is 311 g/mol. The highest BCUT2D eigenvalue weighted by Crippen LogP contribution is 2.24. The van der Waals surface area contributed by atoms with Gasteiger partial charge in [-0.25, -0.2) is 0 Å². The van der Waals surface area contributed by atoms with Crippen LogP contribution in [0.2, 0.25) is 0 Å². The van der Waals surface area contributed by atoms with Crippen LogP contribution >= 0.6 is 0 Å². The number of carboxylic acids is 1. The van der Waals surface area contributed by atoms with Crippen LogP contribution in [0.4, 0.5) is 0 Å². The third-order valence-corrected chi connectivity index (χ3v) is 4.16. The Morgan fingerprint density at radius 3 is 2.65 bits per heavy atom. The Morgan fingerprint density at radius 1 is 1.09 bits per heavy atom. The standard InChI is InChI=1S/C19H21NO3/c21-19(22)18-11-4-5-12-20(18)14-15-7-6-10-17(13-15)23-16-8-2-1-3-9-16/h1-3,6-10,13,18H,4-5,11-12,14H2,(H,21,22). The molecule has 0 aliphatic carbocycles. The van der Waals surface area contributed by atoms with Crippen molar-refractivity contribution in [3.05, 3.63) is 60.2 Å². The Hall–Kier alpha value is -2.33. The van der Waals surface area contributed by atoms with Crippen LogP contribution in [-0.2, 0) is 11.3 Å². The number of piperidine rings is 1. The number of likely N-dealkylation sites (tertiary alicyclic amines) is 1. The van der Waals surface area contributed by atoms with Gasteiger partial charge in [0.15, 0.2) is 0 Å². The van der Waals surface area contributed by atoms with Gasteiger partial charge < -0.3 is 9.84 Å². The molecule has 0 aromatic heterocycles. The molecule has 2 aromatic rings. The van der Waals surface area contributed by atoms with Crippen molar-refractivity contribution in [3.8, 4) is 11.5 Å². The summed E-state index contributed by atoms with van der Waals surface area (Å²) in [5, 5.41) is 9.37. The lowest BCUT2D eigenvalue weighted by atomic mass is 10.0. The van der Waals surface area contributed by atoms with Crippen molar-refractivity contribution in [2.75, 3.05) is 6.54 Å². The molecule has 0 amide bonds. The zero-order chi connectivity index (χ0) is 16.1. The van der Waals surface area contributed by atoms with E-state index in [2.05, 4.69) is 0 Å². The van der Waals surface area contributed by atoms with Gasteiger partial charge in [-0.3, -0.25) is 9.69 Å². The largest absolute Gasteiger partial charge is 0.480 e. The molecule has 1 aliphatic heterocycles. The second kappa shape index (κ2) is 7.29. The first-order valence-electron chi connectivity index (χ1n) is 8.01. The lowest BCUT2D eigenvalue weighted by molar-refractivity contribution is -0.144. The van der Waals surface area contributed by atoms with E-state index < -0.39 is 5.97 Å². The van der Waals surface area contributed by atoms with E-state index in [0.29, 0.717) is 6.54 Å². The number of ether oxygens (including phenoxy) is 1. The van der Waals surface area contributed by atoms with Crippen molar-refractivity contribution in [2.24, 2.45) is 0 Å². The molecular weight excluding hydrogens is 290 g/mol. The molecule has 0 bridgehead atoms. The van der Waals surface area contributed by atoms with Gasteiger partial charge >= 0.3 is 5.97 Å². The Balaban J connectivity index is 1.70. The first kappa shape index (κ1) is 15.6. The van der Waals surface area contributed by atoms with Crippen LogP contribution in [0.5, 0.6) is 11.5 Å². The minimum atomic E-state index is -0.721. The summed E-state index contributed by atoms with van der Waals surface area (Å²) in [4.78, 5) is 13.4. The van der Waals surface area contributed by atoms with Gasteiger partial charge in [0.1, 0.15) is 17.5 Å². The Labute approximate surface area is 136 Å². The SMILES string of the molecule is O=C(O)C1CCCCN1Cc1cccc(Oc2ccccc2)c1. The number of carboxylic acid groups (broad SMARTS) is 1. The molecular formula is C19H21NO3. The summed E-state index contributed by atoms with van der Waals surface area (Å²) in [6.07, 6.45) is 2.78. The second-order valence-electron chi connectivity index (χ2n) is 5.88. The van der Waals surface area contributed by atoms with Gasteiger partial charge in [-0.2, -0.15) is 0 Å². The predicted molar refractivity (Wildman–Crippen MR) is 88.6 cm³/mol. The Bertz CT molecular complexity index is 657. The fourth-order valence-corrected chi connectivity index (χ4v) is 3.03. The van der Waals surface area contributed by atoms with E-state index in [1.54, 1.807) is 0 Å². The molecule has 120 valence electrons. The highest BCUT2D eigenvalue weighted by atomic mass is 16.5. The number of nitrogens with zero attached hydrogens (tertiary/aromatic N) is 1. The number of hydrogen-bond acceptors (Lipinski definition) is 3. The summed E-state index contributed by atoms with van der Waals surface area (Å²) in [5.41, 5.74) is 1.08. The highest BCUT2D eigenvalue weighted by Gasteiger charge is 2.28. The van der Waals surface area contributed by atoms with Crippen molar-refractivity contribution < 1.29 is 14.6 Å². The van der Waals surface area contributed by atoms with Crippen LogP contribution in [0.25, 0.3) is 0 Å². The normalized spacial score (nSPS) is 18.5. The molecule has 1 fully saturated rings. The van der Waals surface area contributed by atoms with Gasteiger partial charge in [0.2, 0.25) is 0 Å². The Kier molecular flexibility index (Phi) is 4.93. The number of para-hydroxylation sites is 1. The van der Waals surface area contributed by atoms with Crippen LogP contribution in [0.1, 0.15) is 24.8 Å². The molecule has 23 heavy (non-hydrogen) atoms. The molecule has 0 radical (unpaired) electrons. The highest BCUT2D eigenvalue weighted by molar-refractivity contribution is 5.73. The number of rotatable bonds is 5. The zero-order valence-corrected chi connectivity index (χ0v) is 13.0. The van der Waals surface area contributed by atoms with Gasteiger partial charge in [0.25, 0.3) is 0 Å². The molecule has 1 heterocycles. The second-order valence-corrected chi connectivity index (χ2v) is 5.88. The summed E-state index contributed by atoms with van der Waals surface area (Å²) >= 11 is 0. The minimum Gasteiger partial charge on any atom is -0.480 e. The number of hydrogen-bond donors (Lipinski definition) is 1. The van der Waals surface area contributed by atoms with E-state index in [-0.39, 0.29) is 6.04 Å². The molecule has 1 atom stereocenters. The molecule has 3 rings (SSSR count). The molecule has 1 aliphatic rings. The summed E-state index contributed by atoms with van der Waals surface area (Å²) in [6, 6.07) is 17.2. The van der Waals surface area contributed by atoms with E-state index in [4.69, 9.17) is 4.74 Å². The number of aliphatic carboxylic acids is 1. The Morgan fingerprint density at radius 2 is 1.87 bits per heavy atom. The summed E-state index contributed by atoms with van der Waals surface area (Å²) < 4.78 is 5.85. The van der Waals surface area contributed by atoms with Gasteiger partial charge in [0, 0.05) is 6.54 Å². The molecule has 4 nitrogen and oxygen atoms in total. The monoisotopic (exact) mass is 311 g/mol. The summed E-state index contributed by atoms with van der Waals surface area (Å²) in [5.74, 6) is 0.852. The lowest BCUT2D eigenvalue weighted by Gasteiger charge is -2.32. The minimum absolute atomic E-state index is 0.373. The maximum absolute atomic E-state index is 11.4. The van der Waals surface area contributed by atoms with Crippen molar-refractivity contribution >= 4 is 5.97 Å². The number of benzene rings is 2. The van der Waals surface area contributed by atoms with Crippen molar-refractivity contribution in [1.82, 2.24) is 4.90 Å². The molecule has 4 heteroatoms. The van der Waals surface area contributed by atoms with Crippen molar-refractivity contribution in [3.63, 3.8) is 0 Å². The predicted octanol–water partition coefficient (Wildman–Crippen LogP) is 3.92. The fraction of sp³-hybridized carbons (Fsp3) is 0.316. The van der Waals surface area contributed by atoms with Crippen LogP contribution in [0.15, 0.2) is 54.6 Å². The third kappa shape index (κ3) is 4.11. The molecule has 2 aromatic carbocycles. The molecule has 1 saturated heterocycles. The zero-order valence-electron chi connectivity index (χ0n) is 13.0. The van der Waals surface area contributed by atoms with E-state index in [1.165, 1.54) is 0 Å². The maximum atomic E-state index is 11.4. The fourth-order valence-electron chi connectivity index (χ4n) is 3.03. The molecule has 0 spiro atoms. The van der Waals surface area contributed by atoms with Gasteiger partial charge in [-0.15, -0.1) is 0 Å². The average Bonchev–Trinajstić information content (AvgIpc) is 2.56. The van der Waals surface area contributed by atoms with Gasteiger partial charge in [-0.05, 0) is 49.2 Å². The maximum Gasteiger partial charge on any atom is 0.320 e. The van der Waals surface area contributed by atoms with Crippen LogP contribution in [0, 0.1) is 0 Å². The topological polar surface area (TPSA) is 49.8 Å². The first-order chi connectivity index (χ1) is 11.2. The van der Waals surface area contributed by atoms with Crippen molar-refractivity contribution in [2.45, 2.75) is 31.8 Å². The molecule has 1 N–H and O–H groups in total. The van der Waals surface area contributed by atoms with Gasteiger partial charge in [0.05, 0.1) is 0 Å². The quantitative estimate of drug-likeness (QED) is 0.909.